The molecule has 2 atom stereocenters. The molecular formula is C23H18FNO3. The number of β-lactam (4-membered cyclic amide) rings is 1. The van der Waals surface area contributed by atoms with Crippen molar-refractivity contribution in [1.82, 2.24) is 0 Å². The monoisotopic (exact) mass is 375 g/mol. The van der Waals surface area contributed by atoms with Crippen molar-refractivity contribution in [1.29, 1.82) is 0 Å². The fourth-order valence-electron chi connectivity index (χ4n) is 3.39. The first-order valence-electron chi connectivity index (χ1n) is 8.98. The maximum absolute atomic E-state index is 13.2. The average molecular weight is 375 g/mol. The molecule has 0 bridgehead atoms. The SMILES string of the molecule is O=CC1C(=O)N(c2ccc(F)cc2)C1c1ccc(OCc2ccccc2)cc1. The largest absolute Gasteiger partial charge is 0.489 e. The van der Waals surface area contributed by atoms with Crippen LogP contribution in [0.3, 0.4) is 0 Å². The zero-order valence-corrected chi connectivity index (χ0v) is 15.0. The van der Waals surface area contributed by atoms with Crippen molar-refractivity contribution in [2.45, 2.75) is 12.6 Å². The first kappa shape index (κ1) is 17.9. The first-order valence-corrected chi connectivity index (χ1v) is 8.98. The highest BCUT2D eigenvalue weighted by Crippen LogP contribution is 2.42. The van der Waals surface area contributed by atoms with Gasteiger partial charge in [-0.3, -0.25) is 4.79 Å². The molecule has 1 aliphatic heterocycles. The average Bonchev–Trinajstić information content (AvgIpc) is 2.73. The molecule has 2 unspecified atom stereocenters. The summed E-state index contributed by atoms with van der Waals surface area (Å²) in [5.41, 5.74) is 2.46. The van der Waals surface area contributed by atoms with Crippen LogP contribution in [0.25, 0.3) is 0 Å². The number of hydrogen-bond acceptors (Lipinski definition) is 3. The van der Waals surface area contributed by atoms with Crippen molar-refractivity contribution >= 4 is 17.9 Å². The molecule has 140 valence electrons. The smallest absolute Gasteiger partial charge is 0.240 e. The number of rotatable bonds is 6. The van der Waals surface area contributed by atoms with Crippen molar-refractivity contribution in [2.24, 2.45) is 5.92 Å². The van der Waals surface area contributed by atoms with E-state index in [0.717, 1.165) is 11.1 Å². The highest BCUT2D eigenvalue weighted by molar-refractivity contribution is 6.10. The number of carbonyl (C=O) groups excluding carboxylic acids is 2. The minimum atomic E-state index is -0.735. The topological polar surface area (TPSA) is 46.6 Å². The van der Waals surface area contributed by atoms with E-state index in [1.807, 2.05) is 54.6 Å². The molecule has 3 aromatic rings. The maximum Gasteiger partial charge on any atom is 0.240 e. The second-order valence-corrected chi connectivity index (χ2v) is 6.63. The lowest BCUT2D eigenvalue weighted by Gasteiger charge is -2.45. The van der Waals surface area contributed by atoms with Gasteiger partial charge < -0.3 is 14.4 Å². The van der Waals surface area contributed by atoms with E-state index in [1.54, 1.807) is 12.1 Å². The van der Waals surface area contributed by atoms with Crippen molar-refractivity contribution in [2.75, 3.05) is 4.90 Å². The molecule has 28 heavy (non-hydrogen) atoms. The van der Waals surface area contributed by atoms with Crippen LogP contribution in [0.4, 0.5) is 10.1 Å². The summed E-state index contributed by atoms with van der Waals surface area (Å²) < 4.78 is 19.0. The highest BCUT2D eigenvalue weighted by Gasteiger charge is 2.48. The quantitative estimate of drug-likeness (QED) is 0.366. The lowest BCUT2D eigenvalue weighted by molar-refractivity contribution is -0.134. The summed E-state index contributed by atoms with van der Waals surface area (Å²) >= 11 is 0. The molecule has 0 N–H and O–H groups in total. The summed E-state index contributed by atoms with van der Waals surface area (Å²) in [5, 5.41) is 0. The second-order valence-electron chi connectivity index (χ2n) is 6.63. The molecule has 0 spiro atoms. The predicted octanol–water partition coefficient (Wildman–Crippen LogP) is 4.31. The van der Waals surface area contributed by atoms with Gasteiger partial charge in [-0.15, -0.1) is 0 Å². The molecule has 3 aromatic carbocycles. The molecule has 0 saturated carbocycles. The fraction of sp³-hybridized carbons (Fsp3) is 0.130. The normalized spacial score (nSPS) is 18.5. The van der Waals surface area contributed by atoms with E-state index in [9.17, 15) is 14.0 Å². The van der Waals surface area contributed by atoms with Crippen LogP contribution in [0.1, 0.15) is 17.2 Å². The first-order chi connectivity index (χ1) is 13.7. The lowest BCUT2D eigenvalue weighted by Crippen LogP contribution is -2.56. The van der Waals surface area contributed by atoms with Crippen molar-refractivity contribution in [3.63, 3.8) is 0 Å². The Bertz CT molecular complexity index is 971. The Hall–Kier alpha value is -3.47. The summed E-state index contributed by atoms with van der Waals surface area (Å²) in [7, 11) is 0. The number of halogens is 1. The molecular weight excluding hydrogens is 357 g/mol. The van der Waals surface area contributed by atoms with Gasteiger partial charge in [0.1, 0.15) is 30.4 Å². The van der Waals surface area contributed by atoms with Crippen LogP contribution in [-0.4, -0.2) is 12.2 Å². The van der Waals surface area contributed by atoms with E-state index < -0.39 is 12.0 Å². The molecule has 5 heteroatoms. The van der Waals surface area contributed by atoms with Gasteiger partial charge in [-0.05, 0) is 47.5 Å². The number of aldehydes is 1. The minimum Gasteiger partial charge on any atom is -0.489 e. The van der Waals surface area contributed by atoms with E-state index in [1.165, 1.54) is 17.0 Å². The van der Waals surface area contributed by atoms with Crippen molar-refractivity contribution < 1.29 is 18.7 Å². The summed E-state index contributed by atoms with van der Waals surface area (Å²) in [5.74, 6) is -0.688. The van der Waals surface area contributed by atoms with Gasteiger partial charge in [0, 0.05) is 5.69 Å². The fourth-order valence-corrected chi connectivity index (χ4v) is 3.39. The summed E-state index contributed by atoms with van der Waals surface area (Å²) in [4.78, 5) is 25.3. The molecule has 0 aromatic heterocycles. The molecule has 1 saturated heterocycles. The van der Waals surface area contributed by atoms with Crippen LogP contribution in [0.5, 0.6) is 5.75 Å². The van der Waals surface area contributed by atoms with Gasteiger partial charge in [0.15, 0.2) is 0 Å². The van der Waals surface area contributed by atoms with Crippen LogP contribution in [-0.2, 0) is 16.2 Å². The number of benzene rings is 3. The number of hydrogen-bond donors (Lipinski definition) is 0. The Balaban J connectivity index is 1.52. The molecule has 1 fully saturated rings. The van der Waals surface area contributed by atoms with Gasteiger partial charge in [-0.25, -0.2) is 4.39 Å². The van der Waals surface area contributed by atoms with Gasteiger partial charge in [0.05, 0.1) is 6.04 Å². The summed E-state index contributed by atoms with van der Waals surface area (Å²) in [6, 6.07) is 22.5. The number of anilines is 1. The summed E-state index contributed by atoms with van der Waals surface area (Å²) in [6.45, 7) is 0.459. The number of ether oxygens (including phenoxy) is 1. The van der Waals surface area contributed by atoms with Crippen LogP contribution in [0, 0.1) is 11.7 Å². The van der Waals surface area contributed by atoms with Gasteiger partial charge >= 0.3 is 0 Å². The minimum absolute atomic E-state index is 0.281. The number of amides is 1. The van der Waals surface area contributed by atoms with Crippen molar-refractivity contribution in [3.8, 4) is 5.75 Å². The molecule has 1 aliphatic rings. The van der Waals surface area contributed by atoms with Crippen LogP contribution in [0.15, 0.2) is 78.9 Å². The third-order valence-electron chi connectivity index (χ3n) is 4.86. The maximum atomic E-state index is 13.2. The zero-order valence-electron chi connectivity index (χ0n) is 15.0. The molecule has 1 heterocycles. The van der Waals surface area contributed by atoms with Crippen LogP contribution in [0.2, 0.25) is 0 Å². The molecule has 4 nitrogen and oxygen atoms in total. The standard InChI is InChI=1S/C23H18FNO3/c24-18-8-10-19(11-9-18)25-22(21(14-26)23(25)27)17-6-12-20(13-7-17)28-15-16-4-2-1-3-5-16/h1-14,21-22H,15H2. The van der Waals surface area contributed by atoms with Gasteiger partial charge in [0.2, 0.25) is 5.91 Å². The Labute approximate surface area is 162 Å². The number of nitrogens with zero attached hydrogens (tertiary/aromatic N) is 1. The molecule has 0 aliphatic carbocycles. The van der Waals surface area contributed by atoms with Crippen molar-refractivity contribution in [3.05, 3.63) is 95.8 Å². The third kappa shape index (κ3) is 3.39. The zero-order chi connectivity index (χ0) is 19.5. The van der Waals surface area contributed by atoms with Crippen LogP contribution < -0.4 is 9.64 Å². The molecule has 0 radical (unpaired) electrons. The Morgan fingerprint density at radius 2 is 1.61 bits per heavy atom. The molecule has 4 rings (SSSR count). The van der Waals surface area contributed by atoms with Gasteiger partial charge in [-0.2, -0.15) is 0 Å². The lowest BCUT2D eigenvalue weighted by atomic mass is 9.83. The molecule has 1 amide bonds. The van der Waals surface area contributed by atoms with Crippen LogP contribution >= 0.6 is 0 Å². The predicted molar refractivity (Wildman–Crippen MR) is 103 cm³/mol. The highest BCUT2D eigenvalue weighted by atomic mass is 19.1. The Kier molecular flexibility index (Phi) is 4.89. The van der Waals surface area contributed by atoms with E-state index in [0.29, 0.717) is 24.3 Å². The Morgan fingerprint density at radius 3 is 2.25 bits per heavy atom. The van der Waals surface area contributed by atoms with E-state index in [-0.39, 0.29) is 11.7 Å². The number of carbonyl (C=O) groups is 2. The van der Waals surface area contributed by atoms with E-state index in [2.05, 4.69) is 0 Å². The second kappa shape index (κ2) is 7.64. The third-order valence-corrected chi connectivity index (χ3v) is 4.86. The van der Waals surface area contributed by atoms with Gasteiger partial charge in [0.25, 0.3) is 0 Å². The van der Waals surface area contributed by atoms with E-state index >= 15 is 0 Å². The van der Waals surface area contributed by atoms with Gasteiger partial charge in [-0.1, -0.05) is 42.5 Å². The van der Waals surface area contributed by atoms with E-state index in [4.69, 9.17) is 4.74 Å². The Morgan fingerprint density at radius 1 is 0.929 bits per heavy atom. The summed E-state index contributed by atoms with van der Waals surface area (Å²) in [6.07, 6.45) is 0.673.